The molecule has 0 spiro atoms. The lowest BCUT2D eigenvalue weighted by molar-refractivity contribution is 0.0939. The summed E-state index contributed by atoms with van der Waals surface area (Å²) in [4.78, 5) is 18.8. The first-order chi connectivity index (χ1) is 9.47. The standard InChI is InChI=1S/C16H20N2OS/c1-8-7-9(2)17-16-13(8)10(3)14(20-16)15(19)18-11(4)12-5-6-12/h7,11-12H,5-6H2,1-4H3,(H,18,19)/t11-/m0/s1. The minimum atomic E-state index is 0.0574. The van der Waals surface area contributed by atoms with Gasteiger partial charge in [0, 0.05) is 17.1 Å². The van der Waals surface area contributed by atoms with E-state index >= 15 is 0 Å². The smallest absolute Gasteiger partial charge is 0.261 e. The molecule has 4 heteroatoms. The quantitative estimate of drug-likeness (QED) is 0.934. The number of nitrogens with one attached hydrogen (secondary N) is 1. The Hall–Kier alpha value is -1.42. The van der Waals surface area contributed by atoms with Gasteiger partial charge in [0.05, 0.1) is 4.88 Å². The van der Waals surface area contributed by atoms with Gasteiger partial charge in [-0.1, -0.05) is 0 Å². The summed E-state index contributed by atoms with van der Waals surface area (Å²) in [5.74, 6) is 0.734. The molecule has 0 aliphatic heterocycles. The van der Waals surface area contributed by atoms with Gasteiger partial charge < -0.3 is 5.32 Å². The van der Waals surface area contributed by atoms with E-state index in [0.29, 0.717) is 5.92 Å². The molecule has 3 nitrogen and oxygen atoms in total. The van der Waals surface area contributed by atoms with Crippen molar-refractivity contribution in [3.8, 4) is 0 Å². The number of hydrogen-bond acceptors (Lipinski definition) is 3. The highest BCUT2D eigenvalue weighted by atomic mass is 32.1. The molecule has 106 valence electrons. The first-order valence-corrected chi connectivity index (χ1v) is 7.97. The molecule has 2 heterocycles. The zero-order valence-corrected chi connectivity index (χ0v) is 13.2. The Labute approximate surface area is 123 Å². The highest BCUT2D eigenvalue weighted by Crippen LogP contribution is 2.34. The van der Waals surface area contributed by atoms with Crippen LogP contribution in [0.4, 0.5) is 0 Å². The van der Waals surface area contributed by atoms with E-state index in [4.69, 9.17) is 0 Å². The second kappa shape index (κ2) is 4.85. The van der Waals surface area contributed by atoms with E-state index in [9.17, 15) is 4.79 Å². The van der Waals surface area contributed by atoms with E-state index < -0.39 is 0 Å². The average molecular weight is 288 g/mol. The molecule has 1 saturated carbocycles. The lowest BCUT2D eigenvalue weighted by Gasteiger charge is -2.12. The topological polar surface area (TPSA) is 42.0 Å². The Morgan fingerprint density at radius 1 is 1.40 bits per heavy atom. The van der Waals surface area contributed by atoms with E-state index in [-0.39, 0.29) is 11.9 Å². The fraction of sp³-hybridized carbons (Fsp3) is 0.500. The van der Waals surface area contributed by atoms with Crippen molar-refractivity contribution in [3.63, 3.8) is 0 Å². The van der Waals surface area contributed by atoms with Crippen molar-refractivity contribution in [2.45, 2.75) is 46.6 Å². The van der Waals surface area contributed by atoms with Crippen molar-refractivity contribution < 1.29 is 4.79 Å². The first kappa shape index (κ1) is 13.6. The lowest BCUT2D eigenvalue weighted by atomic mass is 10.1. The first-order valence-electron chi connectivity index (χ1n) is 7.15. The van der Waals surface area contributed by atoms with Crippen LogP contribution in [0.15, 0.2) is 6.07 Å². The highest BCUT2D eigenvalue weighted by Gasteiger charge is 2.30. The van der Waals surface area contributed by atoms with Crippen molar-refractivity contribution in [1.82, 2.24) is 10.3 Å². The fourth-order valence-corrected chi connectivity index (χ4v) is 4.03. The number of pyridine rings is 1. The van der Waals surface area contributed by atoms with Crippen molar-refractivity contribution >= 4 is 27.5 Å². The van der Waals surface area contributed by atoms with Crippen molar-refractivity contribution in [2.75, 3.05) is 0 Å². The summed E-state index contributed by atoms with van der Waals surface area (Å²) in [7, 11) is 0. The Morgan fingerprint density at radius 3 is 2.75 bits per heavy atom. The lowest BCUT2D eigenvalue weighted by Crippen LogP contribution is -2.33. The summed E-state index contributed by atoms with van der Waals surface area (Å²) < 4.78 is 0. The van der Waals surface area contributed by atoms with Crippen LogP contribution in [-0.2, 0) is 0 Å². The van der Waals surface area contributed by atoms with Crippen LogP contribution in [0.3, 0.4) is 0 Å². The average Bonchev–Trinajstić information content (AvgIpc) is 3.14. The number of hydrogen-bond donors (Lipinski definition) is 1. The van der Waals surface area contributed by atoms with Gasteiger partial charge >= 0.3 is 0 Å². The predicted octanol–water partition coefficient (Wildman–Crippen LogP) is 3.75. The van der Waals surface area contributed by atoms with Crippen LogP contribution in [0.2, 0.25) is 0 Å². The van der Waals surface area contributed by atoms with Gasteiger partial charge in [0.2, 0.25) is 0 Å². The molecule has 0 aromatic carbocycles. The number of thiophene rings is 1. The number of amides is 1. The molecule has 2 aromatic heterocycles. The summed E-state index contributed by atoms with van der Waals surface area (Å²) in [6, 6.07) is 2.36. The van der Waals surface area contributed by atoms with Crippen molar-refractivity contribution in [1.29, 1.82) is 0 Å². The Morgan fingerprint density at radius 2 is 2.10 bits per heavy atom. The molecule has 1 fully saturated rings. The van der Waals surface area contributed by atoms with Crippen LogP contribution in [-0.4, -0.2) is 16.9 Å². The second-order valence-electron chi connectivity index (χ2n) is 5.92. The minimum Gasteiger partial charge on any atom is -0.349 e. The zero-order valence-electron chi connectivity index (χ0n) is 12.4. The molecule has 0 saturated heterocycles. The van der Waals surface area contributed by atoms with E-state index in [1.165, 1.54) is 29.7 Å². The molecular formula is C16H20N2OS. The van der Waals surface area contributed by atoms with Crippen LogP contribution >= 0.6 is 11.3 Å². The highest BCUT2D eigenvalue weighted by molar-refractivity contribution is 7.20. The molecule has 1 atom stereocenters. The van der Waals surface area contributed by atoms with Crippen LogP contribution in [0.1, 0.15) is 46.3 Å². The molecule has 1 aliphatic rings. The summed E-state index contributed by atoms with van der Waals surface area (Å²) in [6.45, 7) is 8.22. The number of aryl methyl sites for hydroxylation is 3. The normalized spacial score (nSPS) is 16.4. The maximum Gasteiger partial charge on any atom is 0.261 e. The molecule has 1 aliphatic carbocycles. The van der Waals surface area contributed by atoms with E-state index in [2.05, 4.69) is 30.2 Å². The second-order valence-corrected chi connectivity index (χ2v) is 6.92. The fourth-order valence-electron chi connectivity index (χ4n) is 2.82. The van der Waals surface area contributed by atoms with Gasteiger partial charge in [-0.2, -0.15) is 0 Å². The van der Waals surface area contributed by atoms with E-state index in [1.807, 2.05) is 13.8 Å². The molecule has 0 radical (unpaired) electrons. The van der Waals surface area contributed by atoms with Crippen molar-refractivity contribution in [2.24, 2.45) is 5.92 Å². The number of fused-ring (bicyclic) bond motifs is 1. The van der Waals surface area contributed by atoms with Gasteiger partial charge in [-0.15, -0.1) is 11.3 Å². The SMILES string of the molecule is Cc1cc(C)c2c(C)c(C(=O)N[C@@H](C)C3CC3)sc2n1. The summed E-state index contributed by atoms with van der Waals surface area (Å²) >= 11 is 1.51. The van der Waals surface area contributed by atoms with Gasteiger partial charge in [0.15, 0.2) is 0 Å². The van der Waals surface area contributed by atoms with Crippen LogP contribution in [0, 0.1) is 26.7 Å². The van der Waals surface area contributed by atoms with Crippen molar-refractivity contribution in [3.05, 3.63) is 27.8 Å². The number of carbonyl (C=O) groups excluding carboxylic acids is 1. The maximum atomic E-state index is 12.4. The third kappa shape index (κ3) is 2.33. The Kier molecular flexibility index (Phi) is 3.28. The molecule has 2 aromatic rings. The Bertz CT molecular complexity index is 685. The third-order valence-corrected chi connectivity index (χ3v) is 5.30. The molecule has 1 N–H and O–H groups in total. The van der Waals surface area contributed by atoms with Crippen LogP contribution in [0.5, 0.6) is 0 Å². The molecule has 20 heavy (non-hydrogen) atoms. The molecule has 0 bridgehead atoms. The monoisotopic (exact) mass is 288 g/mol. The number of rotatable bonds is 3. The van der Waals surface area contributed by atoms with E-state index in [0.717, 1.165) is 26.4 Å². The zero-order chi connectivity index (χ0) is 14.4. The van der Waals surface area contributed by atoms with Gasteiger partial charge in [0.1, 0.15) is 4.83 Å². The summed E-state index contributed by atoms with van der Waals surface area (Å²) in [5, 5.41) is 4.28. The van der Waals surface area contributed by atoms with Gasteiger partial charge in [-0.05, 0) is 63.6 Å². The maximum absolute atomic E-state index is 12.4. The molecule has 0 unspecified atom stereocenters. The number of nitrogens with zero attached hydrogens (tertiary/aromatic N) is 1. The predicted molar refractivity (Wildman–Crippen MR) is 83.5 cm³/mol. The van der Waals surface area contributed by atoms with Gasteiger partial charge in [0.25, 0.3) is 5.91 Å². The Balaban J connectivity index is 1.96. The van der Waals surface area contributed by atoms with E-state index in [1.54, 1.807) is 0 Å². The van der Waals surface area contributed by atoms with Crippen LogP contribution < -0.4 is 5.32 Å². The summed E-state index contributed by atoms with van der Waals surface area (Å²) in [5.41, 5.74) is 3.28. The van der Waals surface area contributed by atoms with Gasteiger partial charge in [-0.3, -0.25) is 4.79 Å². The minimum absolute atomic E-state index is 0.0574. The number of carbonyl (C=O) groups is 1. The third-order valence-electron chi connectivity index (χ3n) is 4.12. The molecule has 1 amide bonds. The molecular weight excluding hydrogens is 268 g/mol. The van der Waals surface area contributed by atoms with Gasteiger partial charge in [-0.25, -0.2) is 4.98 Å². The number of aromatic nitrogens is 1. The summed E-state index contributed by atoms with van der Waals surface area (Å²) in [6.07, 6.45) is 2.49. The largest absolute Gasteiger partial charge is 0.349 e. The molecule has 3 rings (SSSR count). The van der Waals surface area contributed by atoms with Crippen LogP contribution in [0.25, 0.3) is 10.2 Å².